The van der Waals surface area contributed by atoms with Crippen molar-refractivity contribution in [3.05, 3.63) is 25.7 Å². The van der Waals surface area contributed by atoms with Crippen molar-refractivity contribution in [1.29, 1.82) is 0 Å². The van der Waals surface area contributed by atoms with E-state index in [0.717, 1.165) is 0 Å². The summed E-state index contributed by atoms with van der Waals surface area (Å²) < 4.78 is 4.36. The van der Waals surface area contributed by atoms with Gasteiger partial charge in [-0.05, 0) is 6.42 Å². The number of hydrogen-bond donors (Lipinski definition) is 4. The van der Waals surface area contributed by atoms with Crippen molar-refractivity contribution in [2.24, 2.45) is 5.41 Å². The third kappa shape index (κ3) is 10.3. The Hall–Kier alpha value is -1.37. The summed E-state index contributed by atoms with van der Waals surface area (Å²) >= 11 is 0. The number of carbonyl (C=O) groups is 1. The maximum atomic E-state index is 11.3. The quantitative estimate of drug-likeness (QED) is 0.373. The predicted octanol–water partition coefficient (Wildman–Crippen LogP) is 0.154. The lowest BCUT2D eigenvalue weighted by molar-refractivity contribution is -0.137. The molecule has 4 N–H and O–H groups in total. The van der Waals surface area contributed by atoms with E-state index in [4.69, 9.17) is 10.2 Å². The fraction of sp³-hybridized carbons (Fsp3) is 0.615. The monoisotopic (exact) mass is 275 g/mol. The van der Waals surface area contributed by atoms with Crippen LogP contribution in [0.5, 0.6) is 0 Å². The Balaban J connectivity index is 0. The van der Waals surface area contributed by atoms with Crippen LogP contribution in [0, 0.1) is 5.41 Å². The number of carbonyl (C=O) groups excluding carboxylic acids is 1. The van der Waals surface area contributed by atoms with Crippen molar-refractivity contribution in [3.63, 3.8) is 0 Å². The second-order valence-corrected chi connectivity index (χ2v) is 4.39. The van der Waals surface area contributed by atoms with E-state index in [1.54, 1.807) is 13.8 Å². The topological polar surface area (TPSA) is 99.0 Å². The van der Waals surface area contributed by atoms with Crippen molar-refractivity contribution in [2.75, 3.05) is 19.8 Å². The smallest absolute Gasteiger partial charge is 0.249 e. The average Bonchev–Trinajstić information content (AvgIpc) is 2.39. The van der Waals surface area contributed by atoms with Crippen LogP contribution in [0.3, 0.4) is 0 Å². The van der Waals surface area contributed by atoms with Crippen LogP contribution in [0.25, 0.3) is 0 Å². The van der Waals surface area contributed by atoms with Gasteiger partial charge in [-0.15, -0.1) is 0 Å². The van der Waals surface area contributed by atoms with E-state index >= 15 is 0 Å². The molecule has 0 saturated heterocycles. The van der Waals surface area contributed by atoms with Crippen LogP contribution in [-0.2, 0) is 9.53 Å². The number of rotatable bonds is 8. The Labute approximate surface area is 114 Å². The highest BCUT2D eigenvalue weighted by Gasteiger charge is 2.32. The lowest BCUT2D eigenvalue weighted by Gasteiger charge is -2.27. The molecule has 0 aliphatic heterocycles. The van der Waals surface area contributed by atoms with Crippen molar-refractivity contribution < 1.29 is 24.9 Å². The molecule has 112 valence electrons. The van der Waals surface area contributed by atoms with Gasteiger partial charge in [-0.3, -0.25) is 4.79 Å². The molecule has 0 aliphatic rings. The summed E-state index contributed by atoms with van der Waals surface area (Å²) in [6.07, 6.45) is 1.85. The Morgan fingerprint density at radius 1 is 1.37 bits per heavy atom. The van der Waals surface area contributed by atoms with E-state index in [0.29, 0.717) is 13.0 Å². The first-order chi connectivity index (χ1) is 8.87. The molecule has 0 heterocycles. The summed E-state index contributed by atoms with van der Waals surface area (Å²) in [6, 6.07) is 0. The first-order valence-corrected chi connectivity index (χ1v) is 5.92. The van der Waals surface area contributed by atoms with Crippen molar-refractivity contribution in [3.8, 4) is 0 Å². The van der Waals surface area contributed by atoms with Crippen LogP contribution in [0.1, 0.15) is 20.3 Å². The second kappa shape index (κ2) is 11.7. The summed E-state index contributed by atoms with van der Waals surface area (Å²) in [7, 11) is 0. The highest BCUT2D eigenvalue weighted by atomic mass is 16.5. The number of ether oxygens (including phenoxy) is 1. The standard InChI is InChI=1S/C9H19NO4.C4H6O/c1-9(2,6-12)7(13)8(14)10-4-3-5-11;1-3-5-4-2/h7,11-13H,3-6H2,1-2H3,(H,10,14);3-4H,1-2H2. The number of aliphatic hydroxyl groups is 3. The molecule has 0 fully saturated rings. The van der Waals surface area contributed by atoms with Gasteiger partial charge in [-0.1, -0.05) is 27.0 Å². The number of aliphatic hydroxyl groups excluding tert-OH is 3. The molecule has 0 aromatic rings. The van der Waals surface area contributed by atoms with Crippen molar-refractivity contribution in [2.45, 2.75) is 26.4 Å². The summed E-state index contributed by atoms with van der Waals surface area (Å²) in [6.45, 7) is 9.78. The predicted molar refractivity (Wildman–Crippen MR) is 73.1 cm³/mol. The average molecular weight is 275 g/mol. The van der Waals surface area contributed by atoms with E-state index in [1.807, 2.05) is 0 Å². The molecule has 1 amide bonds. The van der Waals surface area contributed by atoms with Gasteiger partial charge in [0, 0.05) is 18.6 Å². The number of hydrogen-bond acceptors (Lipinski definition) is 5. The van der Waals surface area contributed by atoms with E-state index in [9.17, 15) is 9.90 Å². The minimum absolute atomic E-state index is 0.000230. The van der Waals surface area contributed by atoms with E-state index in [1.165, 1.54) is 12.5 Å². The first-order valence-electron chi connectivity index (χ1n) is 5.92. The van der Waals surface area contributed by atoms with Crippen molar-refractivity contribution in [1.82, 2.24) is 5.32 Å². The Kier molecular flexibility index (Phi) is 12.3. The maximum Gasteiger partial charge on any atom is 0.249 e. The molecule has 6 nitrogen and oxygen atoms in total. The molecule has 0 aromatic carbocycles. The number of nitrogens with one attached hydrogen (secondary N) is 1. The molecule has 0 bridgehead atoms. The van der Waals surface area contributed by atoms with Crippen LogP contribution < -0.4 is 5.32 Å². The van der Waals surface area contributed by atoms with Crippen LogP contribution >= 0.6 is 0 Å². The molecule has 1 unspecified atom stereocenters. The van der Waals surface area contributed by atoms with Gasteiger partial charge in [0.05, 0.1) is 19.1 Å². The minimum atomic E-state index is -1.23. The lowest BCUT2D eigenvalue weighted by Crippen LogP contribution is -2.45. The van der Waals surface area contributed by atoms with Gasteiger partial charge in [0.25, 0.3) is 0 Å². The molecule has 19 heavy (non-hydrogen) atoms. The molecular weight excluding hydrogens is 250 g/mol. The molecule has 0 aromatic heterocycles. The van der Waals surface area contributed by atoms with E-state index in [2.05, 4.69) is 23.2 Å². The zero-order valence-electron chi connectivity index (χ0n) is 11.6. The molecule has 1 atom stereocenters. The molecule has 0 aliphatic carbocycles. The normalized spacial score (nSPS) is 11.6. The summed E-state index contributed by atoms with van der Waals surface area (Å²) in [5, 5.41) is 29.3. The van der Waals surface area contributed by atoms with Crippen LogP contribution in [0.4, 0.5) is 0 Å². The van der Waals surface area contributed by atoms with Gasteiger partial charge >= 0.3 is 0 Å². The SMILES string of the molecule is C=COC=C.CC(C)(CO)C(O)C(=O)NCCCO. The highest BCUT2D eigenvalue weighted by molar-refractivity contribution is 5.81. The highest BCUT2D eigenvalue weighted by Crippen LogP contribution is 2.19. The molecule has 6 heteroatoms. The third-order valence-corrected chi connectivity index (χ3v) is 2.22. The zero-order valence-corrected chi connectivity index (χ0v) is 11.6. The van der Waals surface area contributed by atoms with Crippen LogP contribution in [0.2, 0.25) is 0 Å². The zero-order chi connectivity index (χ0) is 15.3. The number of amides is 1. The second-order valence-electron chi connectivity index (χ2n) is 4.39. The fourth-order valence-corrected chi connectivity index (χ4v) is 0.897. The maximum absolute atomic E-state index is 11.3. The van der Waals surface area contributed by atoms with Gasteiger partial charge in [0.1, 0.15) is 6.10 Å². The Bertz CT molecular complexity index is 260. The summed E-state index contributed by atoms with van der Waals surface area (Å²) in [5.74, 6) is -0.516. The summed E-state index contributed by atoms with van der Waals surface area (Å²) in [5.41, 5.74) is -0.844. The lowest BCUT2D eigenvalue weighted by atomic mass is 9.87. The largest absolute Gasteiger partial charge is 0.474 e. The van der Waals surface area contributed by atoms with Gasteiger partial charge < -0.3 is 25.4 Å². The van der Waals surface area contributed by atoms with Crippen LogP contribution in [0.15, 0.2) is 25.7 Å². The van der Waals surface area contributed by atoms with Gasteiger partial charge in [-0.25, -0.2) is 0 Å². The molecule has 0 spiro atoms. The first kappa shape index (κ1) is 20.0. The third-order valence-electron chi connectivity index (χ3n) is 2.22. The molecular formula is C13H25NO5. The van der Waals surface area contributed by atoms with Gasteiger partial charge in [0.2, 0.25) is 5.91 Å². The Morgan fingerprint density at radius 2 is 1.89 bits per heavy atom. The molecule has 0 rings (SSSR count). The molecule has 0 radical (unpaired) electrons. The minimum Gasteiger partial charge on any atom is -0.474 e. The summed E-state index contributed by atoms with van der Waals surface area (Å²) in [4.78, 5) is 11.3. The Morgan fingerprint density at radius 3 is 2.21 bits per heavy atom. The van der Waals surface area contributed by atoms with Gasteiger partial charge in [0.15, 0.2) is 0 Å². The van der Waals surface area contributed by atoms with Gasteiger partial charge in [-0.2, -0.15) is 0 Å². The van der Waals surface area contributed by atoms with E-state index in [-0.39, 0.29) is 13.2 Å². The fourth-order valence-electron chi connectivity index (χ4n) is 0.897. The van der Waals surface area contributed by atoms with Crippen LogP contribution in [-0.4, -0.2) is 47.1 Å². The van der Waals surface area contributed by atoms with E-state index < -0.39 is 17.4 Å². The van der Waals surface area contributed by atoms with Crippen molar-refractivity contribution >= 4 is 5.91 Å². The molecule has 0 saturated carbocycles.